The van der Waals surface area contributed by atoms with Crippen LogP contribution in [0.25, 0.3) is 11.3 Å². The van der Waals surface area contributed by atoms with E-state index in [9.17, 15) is 9.18 Å². The molecule has 1 unspecified atom stereocenters. The summed E-state index contributed by atoms with van der Waals surface area (Å²) in [5.74, 6) is 0.328. The molecule has 0 N–H and O–H groups in total. The molecule has 2 aromatic rings. The van der Waals surface area contributed by atoms with E-state index in [-0.39, 0.29) is 11.9 Å². The van der Waals surface area contributed by atoms with E-state index < -0.39 is 5.60 Å². The lowest BCUT2D eigenvalue weighted by Crippen LogP contribution is -2.42. The zero-order valence-electron chi connectivity index (χ0n) is 18.3. The Labute approximate surface area is 187 Å². The molecule has 1 aromatic heterocycles. The number of rotatable bonds is 4. The molecule has 1 aromatic carbocycles. The van der Waals surface area contributed by atoms with Gasteiger partial charge in [-0.05, 0) is 94.5 Å². The highest BCUT2D eigenvalue weighted by atomic mass is 35.5. The van der Waals surface area contributed by atoms with Gasteiger partial charge >= 0.3 is 6.09 Å². The van der Waals surface area contributed by atoms with Crippen LogP contribution in [0.3, 0.4) is 0 Å². The van der Waals surface area contributed by atoms with Gasteiger partial charge in [0.05, 0.1) is 16.4 Å². The molecule has 7 heteroatoms. The molecule has 5 nitrogen and oxygen atoms in total. The van der Waals surface area contributed by atoms with Gasteiger partial charge in [0.25, 0.3) is 0 Å². The second-order valence-electron chi connectivity index (χ2n) is 9.80. The fourth-order valence-corrected chi connectivity index (χ4v) is 4.78. The summed E-state index contributed by atoms with van der Waals surface area (Å²) < 4.78 is 19.0. The zero-order valence-corrected chi connectivity index (χ0v) is 19.1. The molecule has 2 fully saturated rings. The third-order valence-electron chi connectivity index (χ3n) is 6.44. The van der Waals surface area contributed by atoms with Crippen LogP contribution >= 0.6 is 11.6 Å². The predicted molar refractivity (Wildman–Crippen MR) is 118 cm³/mol. The standard InChI is InChI=1S/C24H29ClFN3O2/c1-23(2,3)31-22(30)29-12-10-24(11-13-29)15-16(24)4-6-18-7-9-21(28-27-18)19-14-17(26)5-8-20(19)25/h5,7-9,14,16H,4,6,10-13,15H2,1-3H3. The highest BCUT2D eigenvalue weighted by molar-refractivity contribution is 6.33. The zero-order chi connectivity index (χ0) is 22.2. The van der Waals surface area contributed by atoms with Crippen molar-refractivity contribution in [2.45, 2.75) is 58.5 Å². The first-order chi connectivity index (χ1) is 14.7. The Bertz CT molecular complexity index is 950. The molecule has 0 radical (unpaired) electrons. The first-order valence-corrected chi connectivity index (χ1v) is 11.3. The van der Waals surface area contributed by atoms with Gasteiger partial charge in [0.15, 0.2) is 0 Å². The number of aryl methyl sites for hydroxylation is 1. The predicted octanol–water partition coefficient (Wildman–Crippen LogP) is 5.91. The van der Waals surface area contributed by atoms with Crippen molar-refractivity contribution >= 4 is 17.7 Å². The minimum absolute atomic E-state index is 0.201. The van der Waals surface area contributed by atoms with Crippen LogP contribution in [0, 0.1) is 17.2 Å². The summed E-state index contributed by atoms with van der Waals surface area (Å²) >= 11 is 6.16. The summed E-state index contributed by atoms with van der Waals surface area (Å²) in [6.45, 7) is 7.24. The van der Waals surface area contributed by atoms with Gasteiger partial charge in [-0.1, -0.05) is 11.6 Å². The van der Waals surface area contributed by atoms with Gasteiger partial charge in [0, 0.05) is 18.7 Å². The first-order valence-electron chi connectivity index (χ1n) is 10.9. The van der Waals surface area contributed by atoms with E-state index in [1.807, 2.05) is 37.8 Å². The van der Waals surface area contributed by atoms with Gasteiger partial charge in [-0.2, -0.15) is 10.2 Å². The maximum atomic E-state index is 13.5. The van der Waals surface area contributed by atoms with Crippen molar-refractivity contribution in [3.8, 4) is 11.3 Å². The average Bonchev–Trinajstić information content (AvgIpc) is 3.39. The molecular formula is C24H29ClFN3O2. The van der Waals surface area contributed by atoms with E-state index in [0.29, 0.717) is 27.6 Å². The minimum Gasteiger partial charge on any atom is -0.444 e. The molecule has 166 valence electrons. The van der Waals surface area contributed by atoms with Gasteiger partial charge in [-0.25, -0.2) is 9.18 Å². The van der Waals surface area contributed by atoms with E-state index in [1.165, 1.54) is 24.6 Å². The summed E-state index contributed by atoms with van der Waals surface area (Å²) in [5.41, 5.74) is 1.99. The molecule has 1 atom stereocenters. The largest absolute Gasteiger partial charge is 0.444 e. The number of nitrogens with zero attached hydrogens (tertiary/aromatic N) is 3. The van der Waals surface area contributed by atoms with E-state index in [0.717, 1.165) is 44.5 Å². The van der Waals surface area contributed by atoms with Gasteiger partial charge in [0.2, 0.25) is 0 Å². The Morgan fingerprint density at radius 2 is 1.97 bits per heavy atom. The van der Waals surface area contributed by atoms with E-state index in [1.54, 1.807) is 0 Å². The minimum atomic E-state index is -0.453. The molecule has 2 heterocycles. The number of piperidine rings is 1. The van der Waals surface area contributed by atoms with Gasteiger partial charge in [-0.3, -0.25) is 0 Å². The normalized spacial score (nSPS) is 20.0. The van der Waals surface area contributed by atoms with Gasteiger partial charge in [0.1, 0.15) is 11.4 Å². The molecule has 31 heavy (non-hydrogen) atoms. The number of carbonyl (C=O) groups excluding carboxylic acids is 1. The lowest BCUT2D eigenvalue weighted by molar-refractivity contribution is 0.0165. The SMILES string of the molecule is CC(C)(C)OC(=O)N1CCC2(CC1)CC2CCc1ccc(-c2cc(F)ccc2Cl)nn1. The second-order valence-corrected chi connectivity index (χ2v) is 10.2. The quantitative estimate of drug-likeness (QED) is 0.587. The molecule has 2 aliphatic rings. The second kappa shape index (κ2) is 8.38. The topological polar surface area (TPSA) is 55.3 Å². The number of hydrogen-bond donors (Lipinski definition) is 0. The number of aromatic nitrogens is 2. The van der Waals surface area contributed by atoms with E-state index in [4.69, 9.17) is 16.3 Å². The monoisotopic (exact) mass is 445 g/mol. The summed E-state index contributed by atoms with van der Waals surface area (Å²) in [4.78, 5) is 14.1. The number of halogens is 2. The van der Waals surface area contributed by atoms with Crippen molar-refractivity contribution in [3.05, 3.63) is 46.9 Å². The lowest BCUT2D eigenvalue weighted by Gasteiger charge is -2.34. The average molecular weight is 446 g/mol. The number of likely N-dealkylation sites (tertiary alicyclic amines) is 1. The first kappa shape index (κ1) is 22.0. The molecule has 1 aliphatic carbocycles. The van der Waals surface area contributed by atoms with Crippen LogP contribution in [0.15, 0.2) is 30.3 Å². The van der Waals surface area contributed by atoms with E-state index in [2.05, 4.69) is 10.2 Å². The lowest BCUT2D eigenvalue weighted by atomic mass is 9.89. The smallest absolute Gasteiger partial charge is 0.410 e. The van der Waals surface area contributed by atoms with Gasteiger partial charge < -0.3 is 9.64 Å². The van der Waals surface area contributed by atoms with Crippen LogP contribution in [-0.2, 0) is 11.2 Å². The Hall–Kier alpha value is -2.21. The summed E-state index contributed by atoms with van der Waals surface area (Å²) in [6, 6.07) is 8.04. The fourth-order valence-electron chi connectivity index (χ4n) is 4.57. The Morgan fingerprint density at radius 1 is 1.23 bits per heavy atom. The number of ether oxygens (including phenoxy) is 1. The summed E-state index contributed by atoms with van der Waals surface area (Å²) in [5, 5.41) is 9.04. The van der Waals surface area contributed by atoms with Crippen molar-refractivity contribution in [3.63, 3.8) is 0 Å². The molecule has 1 aliphatic heterocycles. The molecular weight excluding hydrogens is 417 g/mol. The Morgan fingerprint density at radius 3 is 2.61 bits per heavy atom. The van der Waals surface area contributed by atoms with Crippen LogP contribution in [0.4, 0.5) is 9.18 Å². The van der Waals surface area contributed by atoms with Crippen LogP contribution in [0.2, 0.25) is 5.02 Å². The van der Waals surface area contributed by atoms with Crippen LogP contribution in [0.5, 0.6) is 0 Å². The maximum absolute atomic E-state index is 13.5. The van der Waals surface area contributed by atoms with E-state index >= 15 is 0 Å². The van der Waals surface area contributed by atoms with Crippen molar-refractivity contribution in [1.29, 1.82) is 0 Å². The molecule has 4 rings (SSSR count). The van der Waals surface area contributed by atoms with Crippen LogP contribution < -0.4 is 0 Å². The third kappa shape index (κ3) is 5.17. The highest BCUT2D eigenvalue weighted by Crippen LogP contribution is 2.61. The fraction of sp³-hybridized carbons (Fsp3) is 0.542. The number of benzene rings is 1. The molecule has 1 saturated carbocycles. The van der Waals surface area contributed by atoms with Crippen molar-refractivity contribution < 1.29 is 13.9 Å². The Balaban J connectivity index is 1.27. The van der Waals surface area contributed by atoms with Crippen LogP contribution in [0.1, 0.15) is 52.1 Å². The molecule has 1 saturated heterocycles. The molecule has 1 amide bonds. The molecule has 0 bridgehead atoms. The van der Waals surface area contributed by atoms with Crippen molar-refractivity contribution in [2.24, 2.45) is 11.3 Å². The number of hydrogen-bond acceptors (Lipinski definition) is 4. The Kier molecular flexibility index (Phi) is 5.95. The highest BCUT2D eigenvalue weighted by Gasteiger charge is 2.54. The van der Waals surface area contributed by atoms with Crippen molar-refractivity contribution in [2.75, 3.05) is 13.1 Å². The summed E-state index contributed by atoms with van der Waals surface area (Å²) in [6.07, 6.45) is 5.04. The summed E-state index contributed by atoms with van der Waals surface area (Å²) in [7, 11) is 0. The molecule has 1 spiro atoms. The number of carbonyl (C=O) groups is 1. The maximum Gasteiger partial charge on any atom is 0.410 e. The van der Waals surface area contributed by atoms with Gasteiger partial charge in [-0.15, -0.1) is 0 Å². The third-order valence-corrected chi connectivity index (χ3v) is 6.77. The van der Waals surface area contributed by atoms with Crippen LogP contribution in [-0.4, -0.2) is 39.9 Å². The van der Waals surface area contributed by atoms with Crippen molar-refractivity contribution in [1.82, 2.24) is 15.1 Å². The number of amides is 1.